The second-order valence-electron chi connectivity index (χ2n) is 3.70. The molecule has 0 spiro atoms. The Morgan fingerprint density at radius 2 is 2.10 bits per heavy atom. The van der Waals surface area contributed by atoms with Gasteiger partial charge in [0, 0.05) is 11.1 Å². The molecule has 1 rings (SSSR count). The van der Waals surface area contributed by atoms with Crippen LogP contribution in [0.3, 0.4) is 0 Å². The Balaban J connectivity index is 2.62. The molecule has 11 heteroatoms. The van der Waals surface area contributed by atoms with Crippen molar-refractivity contribution in [1.82, 2.24) is 15.2 Å². The van der Waals surface area contributed by atoms with Gasteiger partial charge in [0.05, 0.1) is 6.54 Å². The highest BCUT2D eigenvalue weighted by atomic mass is 32.1. The van der Waals surface area contributed by atoms with E-state index in [1.54, 1.807) is 0 Å². The van der Waals surface area contributed by atoms with Crippen LogP contribution in [0.25, 0.3) is 0 Å². The minimum absolute atomic E-state index is 0.118. The normalized spacial score (nSPS) is 11.2. The van der Waals surface area contributed by atoms with Crippen molar-refractivity contribution in [2.24, 2.45) is 0 Å². The van der Waals surface area contributed by atoms with E-state index in [1.165, 1.54) is 5.38 Å². The summed E-state index contributed by atoms with van der Waals surface area (Å²) in [6.07, 6.45) is -4.70. The Kier molecular flexibility index (Phi) is 5.13. The molecule has 1 aromatic rings. The topological polar surface area (TPSA) is 102 Å². The van der Waals surface area contributed by atoms with Gasteiger partial charge in [-0.1, -0.05) is 11.3 Å². The Labute approximate surface area is 114 Å². The van der Waals surface area contributed by atoms with Crippen LogP contribution >= 0.6 is 11.3 Å². The minimum atomic E-state index is -4.70. The number of nitrogens with one attached hydrogen (secondary N) is 2. The fraction of sp³-hybridized carbons (Fsp3) is 0.444. The van der Waals surface area contributed by atoms with Gasteiger partial charge in [0.25, 0.3) is 0 Å². The number of carboxylic acids is 1. The number of hydrogen-bond donors (Lipinski definition) is 3. The van der Waals surface area contributed by atoms with E-state index in [0.29, 0.717) is 5.69 Å². The van der Waals surface area contributed by atoms with Crippen molar-refractivity contribution >= 4 is 23.3 Å². The molecule has 0 aliphatic rings. The van der Waals surface area contributed by atoms with Gasteiger partial charge in [-0.3, -0.25) is 9.59 Å². The number of thiazole rings is 1. The third-order valence-corrected chi connectivity index (χ3v) is 2.70. The van der Waals surface area contributed by atoms with Gasteiger partial charge in [-0.2, -0.15) is 13.2 Å². The number of carbonyl (C=O) groups is 2. The summed E-state index contributed by atoms with van der Waals surface area (Å²) in [5.74, 6) is -1.56. The Hall–Kier alpha value is -2.04. The van der Waals surface area contributed by atoms with Gasteiger partial charge in [-0.15, -0.1) is 0 Å². The molecule has 0 aliphatic carbocycles. The van der Waals surface area contributed by atoms with Crippen LogP contribution in [0.4, 0.5) is 18.0 Å². The van der Waals surface area contributed by atoms with Crippen molar-refractivity contribution in [3.63, 3.8) is 0 Å². The largest absolute Gasteiger partial charge is 0.480 e. The highest BCUT2D eigenvalue weighted by Crippen LogP contribution is 2.16. The van der Waals surface area contributed by atoms with Crippen LogP contribution in [0, 0.1) is 0 Å². The molecular formula is C9H10F3N3O4S. The quantitative estimate of drug-likeness (QED) is 0.740. The molecule has 0 radical (unpaired) electrons. The smallest absolute Gasteiger partial charge is 0.406 e. The molecular weight excluding hydrogens is 303 g/mol. The zero-order valence-corrected chi connectivity index (χ0v) is 10.7. The predicted molar refractivity (Wildman–Crippen MR) is 62.4 cm³/mol. The predicted octanol–water partition coefficient (Wildman–Crippen LogP) is 0.595. The fourth-order valence-corrected chi connectivity index (χ4v) is 1.84. The third kappa shape index (κ3) is 5.73. The molecule has 0 atom stereocenters. The number of aliphatic carboxylic acids is 1. The van der Waals surface area contributed by atoms with Gasteiger partial charge in [0.1, 0.15) is 13.1 Å². The Morgan fingerprint density at radius 1 is 1.45 bits per heavy atom. The van der Waals surface area contributed by atoms with Crippen molar-refractivity contribution in [1.29, 1.82) is 0 Å². The first-order chi connectivity index (χ1) is 9.17. The van der Waals surface area contributed by atoms with E-state index in [4.69, 9.17) is 5.11 Å². The molecule has 1 aromatic heterocycles. The second-order valence-corrected chi connectivity index (χ2v) is 4.54. The van der Waals surface area contributed by atoms with Crippen LogP contribution in [0.2, 0.25) is 0 Å². The Bertz CT molecular complexity index is 539. The number of urea groups is 1. The zero-order valence-electron chi connectivity index (χ0n) is 9.86. The number of amides is 2. The molecule has 1 heterocycles. The molecule has 0 bridgehead atoms. The third-order valence-electron chi connectivity index (χ3n) is 1.98. The minimum Gasteiger partial charge on any atom is -0.480 e. The average molecular weight is 313 g/mol. The standard InChI is InChI=1S/C9H10F3N3O4S/c10-9(11,12)4-15(2-6(16)17)7(18)13-1-5-3-20-8(19)14-5/h3H,1-2,4H2,(H,13,18)(H,14,19)(H,16,17). The number of hydrogen-bond acceptors (Lipinski definition) is 4. The van der Waals surface area contributed by atoms with Crippen LogP contribution in [-0.2, 0) is 11.3 Å². The molecule has 0 saturated carbocycles. The van der Waals surface area contributed by atoms with Gasteiger partial charge in [0.15, 0.2) is 0 Å². The van der Waals surface area contributed by atoms with E-state index >= 15 is 0 Å². The van der Waals surface area contributed by atoms with Crippen LogP contribution in [-0.4, -0.2) is 46.3 Å². The van der Waals surface area contributed by atoms with E-state index in [1.807, 2.05) is 0 Å². The highest BCUT2D eigenvalue weighted by Gasteiger charge is 2.33. The molecule has 112 valence electrons. The second kappa shape index (κ2) is 6.41. The molecule has 20 heavy (non-hydrogen) atoms. The summed E-state index contributed by atoms with van der Waals surface area (Å²) in [4.78, 5) is 34.9. The molecule has 3 N–H and O–H groups in total. The van der Waals surface area contributed by atoms with Gasteiger partial charge >= 0.3 is 23.0 Å². The maximum Gasteiger partial charge on any atom is 0.406 e. The van der Waals surface area contributed by atoms with Gasteiger partial charge in [0.2, 0.25) is 0 Å². The Morgan fingerprint density at radius 3 is 2.55 bits per heavy atom. The number of halogens is 3. The van der Waals surface area contributed by atoms with Gasteiger partial charge < -0.3 is 20.3 Å². The van der Waals surface area contributed by atoms with E-state index in [-0.39, 0.29) is 16.3 Å². The summed E-state index contributed by atoms with van der Waals surface area (Å²) in [6.45, 7) is -2.96. The number of rotatable bonds is 5. The lowest BCUT2D eigenvalue weighted by Gasteiger charge is -2.22. The first-order valence-corrected chi connectivity index (χ1v) is 6.03. The molecule has 2 amide bonds. The number of aromatic amines is 1. The van der Waals surface area contributed by atoms with Crippen LogP contribution in [0.15, 0.2) is 10.2 Å². The first-order valence-electron chi connectivity index (χ1n) is 5.15. The monoisotopic (exact) mass is 313 g/mol. The van der Waals surface area contributed by atoms with E-state index in [0.717, 1.165) is 11.3 Å². The summed E-state index contributed by atoms with van der Waals surface area (Å²) in [5, 5.41) is 12.0. The first kappa shape index (κ1) is 16.0. The van der Waals surface area contributed by atoms with Crippen LogP contribution in [0.5, 0.6) is 0 Å². The van der Waals surface area contributed by atoms with Crippen molar-refractivity contribution in [2.75, 3.05) is 13.1 Å². The zero-order chi connectivity index (χ0) is 15.3. The summed E-state index contributed by atoms with van der Waals surface area (Å²) >= 11 is 0.835. The molecule has 0 aliphatic heterocycles. The molecule has 0 fully saturated rings. The summed E-state index contributed by atoms with van der Waals surface area (Å²) in [6, 6.07) is -1.18. The number of alkyl halides is 3. The number of aromatic nitrogens is 1. The van der Waals surface area contributed by atoms with Crippen LogP contribution in [0.1, 0.15) is 5.69 Å². The van der Waals surface area contributed by atoms with Crippen molar-refractivity contribution in [3.8, 4) is 0 Å². The highest BCUT2D eigenvalue weighted by molar-refractivity contribution is 7.07. The number of nitrogens with zero attached hydrogens (tertiary/aromatic N) is 1. The number of H-pyrrole nitrogens is 1. The molecule has 0 unspecified atom stereocenters. The molecule has 7 nitrogen and oxygen atoms in total. The molecule has 0 saturated heterocycles. The van der Waals surface area contributed by atoms with Crippen molar-refractivity contribution < 1.29 is 27.9 Å². The number of carbonyl (C=O) groups excluding carboxylic acids is 1. The van der Waals surface area contributed by atoms with E-state index < -0.39 is 31.3 Å². The lowest BCUT2D eigenvalue weighted by Crippen LogP contribution is -2.46. The van der Waals surface area contributed by atoms with E-state index in [9.17, 15) is 27.6 Å². The molecule has 0 aromatic carbocycles. The van der Waals surface area contributed by atoms with Crippen molar-refractivity contribution in [2.45, 2.75) is 12.7 Å². The maximum atomic E-state index is 12.2. The summed E-state index contributed by atoms with van der Waals surface area (Å²) in [5.41, 5.74) is 0.315. The summed E-state index contributed by atoms with van der Waals surface area (Å²) < 4.78 is 36.7. The van der Waals surface area contributed by atoms with Gasteiger partial charge in [-0.25, -0.2) is 4.79 Å². The lowest BCUT2D eigenvalue weighted by atomic mass is 10.4. The van der Waals surface area contributed by atoms with Crippen molar-refractivity contribution in [3.05, 3.63) is 20.7 Å². The van der Waals surface area contributed by atoms with Crippen LogP contribution < -0.4 is 10.2 Å². The summed E-state index contributed by atoms with van der Waals surface area (Å²) in [7, 11) is 0. The van der Waals surface area contributed by atoms with Gasteiger partial charge in [-0.05, 0) is 0 Å². The maximum absolute atomic E-state index is 12.2. The number of carboxylic acid groups (broad SMARTS) is 1. The average Bonchev–Trinajstić information content (AvgIpc) is 2.68. The fourth-order valence-electron chi connectivity index (χ4n) is 1.26. The lowest BCUT2D eigenvalue weighted by molar-refractivity contribution is -0.148. The van der Waals surface area contributed by atoms with E-state index in [2.05, 4.69) is 10.3 Å². The SMILES string of the molecule is O=C(O)CN(CC(F)(F)F)C(=O)NCc1csc(=O)[nH]1.